The molecule has 0 saturated carbocycles. The number of nitrogens with one attached hydrogen (secondary N) is 2. The van der Waals surface area contributed by atoms with Crippen LogP contribution in [0.2, 0.25) is 0 Å². The number of carbonyl (C=O) groups is 3. The fraction of sp³-hybridized carbons (Fsp3) is 0.640. The van der Waals surface area contributed by atoms with E-state index in [-0.39, 0.29) is 24.1 Å². The number of hydrogen-bond acceptors (Lipinski definition) is 5. The molecule has 3 amide bonds. The number of nitrogens with zero attached hydrogens (tertiary/aromatic N) is 2. The van der Waals surface area contributed by atoms with Crippen LogP contribution in [0, 0.1) is 5.92 Å². The summed E-state index contributed by atoms with van der Waals surface area (Å²) in [5.41, 5.74) is 2.96. The SMILES string of the molecule is O=C1CCC(N2Cc3c(CN4CCC(CC[C@H]5CCCN5)CC4)cccc3C2=O)C(=O)N1. The van der Waals surface area contributed by atoms with Gasteiger partial charge in [0.1, 0.15) is 6.04 Å². The van der Waals surface area contributed by atoms with Gasteiger partial charge in [-0.25, -0.2) is 0 Å². The monoisotopic (exact) mass is 438 g/mol. The Labute approximate surface area is 189 Å². The number of imide groups is 1. The Morgan fingerprint density at radius 2 is 1.84 bits per heavy atom. The van der Waals surface area contributed by atoms with Gasteiger partial charge in [-0.2, -0.15) is 0 Å². The Hall–Kier alpha value is -2.25. The molecule has 5 rings (SSSR count). The summed E-state index contributed by atoms with van der Waals surface area (Å²) < 4.78 is 0. The van der Waals surface area contributed by atoms with Crippen molar-refractivity contribution in [3.63, 3.8) is 0 Å². The lowest BCUT2D eigenvalue weighted by Gasteiger charge is -2.33. The Morgan fingerprint density at radius 3 is 2.59 bits per heavy atom. The number of amides is 3. The zero-order chi connectivity index (χ0) is 22.1. The van der Waals surface area contributed by atoms with Gasteiger partial charge in [-0.15, -0.1) is 0 Å². The van der Waals surface area contributed by atoms with Gasteiger partial charge in [0.25, 0.3) is 5.91 Å². The van der Waals surface area contributed by atoms with Crippen LogP contribution < -0.4 is 10.6 Å². The molecule has 4 aliphatic rings. The molecule has 7 nitrogen and oxygen atoms in total. The average molecular weight is 439 g/mol. The van der Waals surface area contributed by atoms with Crippen LogP contribution in [0.15, 0.2) is 18.2 Å². The summed E-state index contributed by atoms with van der Waals surface area (Å²) in [6.07, 6.45) is 8.52. The molecule has 0 aliphatic carbocycles. The Morgan fingerprint density at radius 1 is 1.00 bits per heavy atom. The first-order chi connectivity index (χ1) is 15.6. The molecular formula is C25H34N4O3. The van der Waals surface area contributed by atoms with Crippen molar-refractivity contribution in [2.75, 3.05) is 19.6 Å². The number of rotatable bonds is 6. The minimum absolute atomic E-state index is 0.0874. The second-order valence-corrected chi connectivity index (χ2v) is 9.93. The van der Waals surface area contributed by atoms with E-state index in [1.807, 2.05) is 12.1 Å². The zero-order valence-electron chi connectivity index (χ0n) is 18.8. The molecule has 7 heteroatoms. The van der Waals surface area contributed by atoms with Gasteiger partial charge in [-0.3, -0.25) is 24.6 Å². The lowest BCUT2D eigenvalue weighted by atomic mass is 9.90. The Kier molecular flexibility index (Phi) is 6.28. The minimum Gasteiger partial charge on any atom is -0.322 e. The first-order valence-corrected chi connectivity index (χ1v) is 12.3. The molecule has 4 aliphatic heterocycles. The first kappa shape index (κ1) is 21.6. The third-order valence-corrected chi connectivity index (χ3v) is 7.87. The smallest absolute Gasteiger partial charge is 0.255 e. The molecule has 3 saturated heterocycles. The standard InChI is InChI=1S/C25H34N4O3/c30-23-9-8-22(24(31)27-23)29-16-21-18(3-1-5-20(21)25(29)32)15-28-13-10-17(11-14-28)6-7-19-4-2-12-26-19/h1,3,5,17,19,22,26H,2,4,6-16H2,(H,27,30,31)/t19-,22?/m1/s1. The highest BCUT2D eigenvalue weighted by Gasteiger charge is 2.39. The summed E-state index contributed by atoms with van der Waals surface area (Å²) in [5, 5.41) is 6.00. The average Bonchev–Trinajstić information content (AvgIpc) is 3.42. The van der Waals surface area contributed by atoms with Crippen LogP contribution in [0.5, 0.6) is 0 Å². The number of piperidine rings is 2. The van der Waals surface area contributed by atoms with E-state index in [2.05, 4.69) is 21.6 Å². The van der Waals surface area contributed by atoms with Crippen LogP contribution in [0.3, 0.4) is 0 Å². The molecule has 32 heavy (non-hydrogen) atoms. The van der Waals surface area contributed by atoms with Gasteiger partial charge >= 0.3 is 0 Å². The van der Waals surface area contributed by atoms with Gasteiger partial charge < -0.3 is 10.2 Å². The minimum atomic E-state index is -0.550. The summed E-state index contributed by atoms with van der Waals surface area (Å²) in [5.74, 6) is 0.146. The van der Waals surface area contributed by atoms with E-state index in [1.165, 1.54) is 50.6 Å². The van der Waals surface area contributed by atoms with Crippen LogP contribution in [0.1, 0.15) is 72.9 Å². The van der Waals surface area contributed by atoms with E-state index >= 15 is 0 Å². The molecule has 2 N–H and O–H groups in total. The normalized spacial score (nSPS) is 27.1. The molecule has 3 fully saturated rings. The maximum atomic E-state index is 13.0. The maximum Gasteiger partial charge on any atom is 0.255 e. The summed E-state index contributed by atoms with van der Waals surface area (Å²) in [6.45, 7) is 4.72. The van der Waals surface area contributed by atoms with Crippen molar-refractivity contribution in [1.82, 2.24) is 20.4 Å². The van der Waals surface area contributed by atoms with Gasteiger partial charge in [0.2, 0.25) is 11.8 Å². The maximum absolute atomic E-state index is 13.0. The Balaban J connectivity index is 1.18. The third-order valence-electron chi connectivity index (χ3n) is 7.87. The Bertz CT molecular complexity index is 887. The molecule has 4 heterocycles. The van der Waals surface area contributed by atoms with Crippen molar-refractivity contribution in [2.24, 2.45) is 5.92 Å². The lowest BCUT2D eigenvalue weighted by molar-refractivity contribution is -0.136. The molecule has 1 aromatic rings. The zero-order valence-corrected chi connectivity index (χ0v) is 18.8. The molecule has 172 valence electrons. The van der Waals surface area contributed by atoms with Gasteiger partial charge in [0.05, 0.1) is 0 Å². The number of likely N-dealkylation sites (tertiary alicyclic amines) is 1. The second-order valence-electron chi connectivity index (χ2n) is 9.93. The highest BCUT2D eigenvalue weighted by Crippen LogP contribution is 2.31. The summed E-state index contributed by atoms with van der Waals surface area (Å²) in [7, 11) is 0. The predicted octanol–water partition coefficient (Wildman–Crippen LogP) is 2.19. The van der Waals surface area contributed by atoms with Crippen molar-refractivity contribution in [3.8, 4) is 0 Å². The van der Waals surface area contributed by atoms with Crippen molar-refractivity contribution < 1.29 is 14.4 Å². The molecular weight excluding hydrogens is 404 g/mol. The molecule has 0 bridgehead atoms. The van der Waals surface area contributed by atoms with E-state index in [0.717, 1.165) is 37.2 Å². The van der Waals surface area contributed by atoms with E-state index in [9.17, 15) is 14.4 Å². The summed E-state index contributed by atoms with van der Waals surface area (Å²) in [4.78, 5) is 41.0. The molecule has 1 aromatic carbocycles. The molecule has 0 spiro atoms. The number of fused-ring (bicyclic) bond motifs is 1. The number of hydrogen-bond donors (Lipinski definition) is 2. The highest BCUT2D eigenvalue weighted by atomic mass is 16.2. The number of benzene rings is 1. The van der Waals surface area contributed by atoms with Crippen LogP contribution in [-0.2, 0) is 22.7 Å². The van der Waals surface area contributed by atoms with Crippen molar-refractivity contribution >= 4 is 17.7 Å². The first-order valence-electron chi connectivity index (χ1n) is 12.3. The molecule has 2 atom stereocenters. The van der Waals surface area contributed by atoms with Gasteiger partial charge in [0.15, 0.2) is 0 Å². The van der Waals surface area contributed by atoms with Gasteiger partial charge in [-0.1, -0.05) is 12.1 Å². The van der Waals surface area contributed by atoms with E-state index in [0.29, 0.717) is 18.5 Å². The largest absolute Gasteiger partial charge is 0.322 e. The lowest BCUT2D eigenvalue weighted by Crippen LogP contribution is -2.52. The quantitative estimate of drug-likeness (QED) is 0.666. The molecule has 0 aromatic heterocycles. The predicted molar refractivity (Wildman–Crippen MR) is 121 cm³/mol. The van der Waals surface area contributed by atoms with Crippen LogP contribution in [-0.4, -0.2) is 59.2 Å². The van der Waals surface area contributed by atoms with Crippen LogP contribution in [0.25, 0.3) is 0 Å². The number of carbonyl (C=O) groups excluding carboxylic acids is 3. The third kappa shape index (κ3) is 4.46. The van der Waals surface area contributed by atoms with Crippen LogP contribution >= 0.6 is 0 Å². The van der Waals surface area contributed by atoms with E-state index in [1.54, 1.807) is 4.90 Å². The fourth-order valence-electron chi connectivity index (χ4n) is 5.91. The van der Waals surface area contributed by atoms with Crippen molar-refractivity contribution in [1.29, 1.82) is 0 Å². The molecule has 1 unspecified atom stereocenters. The summed E-state index contributed by atoms with van der Waals surface area (Å²) >= 11 is 0. The van der Waals surface area contributed by atoms with E-state index in [4.69, 9.17) is 0 Å². The highest BCUT2D eigenvalue weighted by molar-refractivity contribution is 6.05. The fourth-order valence-corrected chi connectivity index (χ4v) is 5.91. The second kappa shape index (κ2) is 9.32. The topological polar surface area (TPSA) is 81.8 Å². The summed E-state index contributed by atoms with van der Waals surface area (Å²) in [6, 6.07) is 6.14. The van der Waals surface area contributed by atoms with E-state index < -0.39 is 6.04 Å². The van der Waals surface area contributed by atoms with Crippen molar-refractivity contribution in [2.45, 2.75) is 76.5 Å². The van der Waals surface area contributed by atoms with Crippen molar-refractivity contribution in [3.05, 3.63) is 34.9 Å². The molecule has 0 radical (unpaired) electrons. The van der Waals surface area contributed by atoms with Gasteiger partial charge in [0, 0.05) is 31.1 Å². The van der Waals surface area contributed by atoms with Crippen LogP contribution in [0.4, 0.5) is 0 Å². The van der Waals surface area contributed by atoms with Gasteiger partial charge in [-0.05, 0) is 87.7 Å².